The van der Waals surface area contributed by atoms with Gasteiger partial charge in [0.2, 0.25) is 6.79 Å². The molecule has 2 heterocycles. The number of fused-ring (bicyclic) bond motifs is 2. The fourth-order valence-corrected chi connectivity index (χ4v) is 5.21. The van der Waals surface area contributed by atoms with Gasteiger partial charge in [0.25, 0.3) is 11.8 Å². The van der Waals surface area contributed by atoms with Crippen LogP contribution in [0.2, 0.25) is 0 Å². The molecule has 1 aliphatic heterocycles. The van der Waals surface area contributed by atoms with E-state index in [0.717, 1.165) is 29.7 Å². The van der Waals surface area contributed by atoms with Gasteiger partial charge in [0.15, 0.2) is 11.5 Å². The van der Waals surface area contributed by atoms with Gasteiger partial charge in [0.1, 0.15) is 5.00 Å². The van der Waals surface area contributed by atoms with Crippen molar-refractivity contribution in [3.8, 4) is 11.5 Å². The van der Waals surface area contributed by atoms with E-state index in [2.05, 4.69) is 26.1 Å². The van der Waals surface area contributed by atoms with Crippen LogP contribution in [0.4, 0.5) is 5.00 Å². The average Bonchev–Trinajstić information content (AvgIpc) is 3.23. The van der Waals surface area contributed by atoms with E-state index in [1.165, 1.54) is 11.3 Å². The van der Waals surface area contributed by atoms with E-state index in [4.69, 9.17) is 15.2 Å². The maximum absolute atomic E-state index is 12.8. The van der Waals surface area contributed by atoms with Gasteiger partial charge >= 0.3 is 0 Å². The molecular weight excluding hydrogens is 376 g/mol. The van der Waals surface area contributed by atoms with Gasteiger partial charge in [-0.25, -0.2) is 0 Å². The number of hydrogen-bond donors (Lipinski definition) is 2. The SMILES string of the molecule is CC(C)(C)[C@@H]1CCc2c(sc(NC(=O)c3ccc4c(c3)OCO4)c2C(N)=O)C1. The van der Waals surface area contributed by atoms with E-state index in [1.54, 1.807) is 18.2 Å². The Labute approximate surface area is 168 Å². The Balaban J connectivity index is 1.62. The van der Waals surface area contributed by atoms with E-state index in [9.17, 15) is 9.59 Å². The molecule has 0 bridgehead atoms. The lowest BCUT2D eigenvalue weighted by Crippen LogP contribution is -2.27. The first-order valence-electron chi connectivity index (χ1n) is 9.39. The molecule has 28 heavy (non-hydrogen) atoms. The second-order valence-corrected chi connectivity index (χ2v) is 9.51. The number of carbonyl (C=O) groups is 2. The molecular formula is C21H24N2O4S. The van der Waals surface area contributed by atoms with Gasteiger partial charge in [-0.15, -0.1) is 11.3 Å². The minimum Gasteiger partial charge on any atom is -0.454 e. The second-order valence-electron chi connectivity index (χ2n) is 8.40. The van der Waals surface area contributed by atoms with Crippen molar-refractivity contribution in [3.05, 3.63) is 39.8 Å². The summed E-state index contributed by atoms with van der Waals surface area (Å²) in [4.78, 5) is 26.1. The number of carbonyl (C=O) groups excluding carboxylic acids is 2. The van der Waals surface area contributed by atoms with Crippen molar-refractivity contribution in [2.75, 3.05) is 12.1 Å². The Morgan fingerprint density at radius 1 is 1.21 bits per heavy atom. The number of nitrogens with one attached hydrogen (secondary N) is 1. The molecule has 6 nitrogen and oxygen atoms in total. The normalized spacial score (nSPS) is 17.9. The molecule has 3 N–H and O–H groups in total. The topological polar surface area (TPSA) is 90.7 Å². The van der Waals surface area contributed by atoms with Crippen LogP contribution in [0.1, 0.15) is 58.3 Å². The standard InChI is InChI=1S/C21H24N2O4S/c1-21(2,3)12-5-6-13-16(9-12)28-20(17(13)18(22)24)23-19(25)11-4-7-14-15(8-11)27-10-26-14/h4,7-8,12H,5-6,9-10H2,1-3H3,(H2,22,24)(H,23,25)/t12-/m1/s1. The van der Waals surface area contributed by atoms with Crippen LogP contribution in [0.25, 0.3) is 0 Å². The zero-order valence-corrected chi connectivity index (χ0v) is 17.1. The highest BCUT2D eigenvalue weighted by atomic mass is 32.1. The third-order valence-corrected chi connectivity index (χ3v) is 6.77. The molecule has 1 atom stereocenters. The van der Waals surface area contributed by atoms with Crippen molar-refractivity contribution in [2.24, 2.45) is 17.1 Å². The Morgan fingerprint density at radius 3 is 2.68 bits per heavy atom. The first-order chi connectivity index (χ1) is 13.2. The van der Waals surface area contributed by atoms with Crippen molar-refractivity contribution in [2.45, 2.75) is 40.0 Å². The smallest absolute Gasteiger partial charge is 0.256 e. The fourth-order valence-electron chi connectivity index (χ4n) is 3.89. The van der Waals surface area contributed by atoms with Crippen LogP contribution < -0.4 is 20.5 Å². The fraction of sp³-hybridized carbons (Fsp3) is 0.429. The van der Waals surface area contributed by atoms with Gasteiger partial charge < -0.3 is 20.5 Å². The first kappa shape index (κ1) is 18.8. The summed E-state index contributed by atoms with van der Waals surface area (Å²) in [7, 11) is 0. The summed E-state index contributed by atoms with van der Waals surface area (Å²) in [5.41, 5.74) is 7.77. The lowest BCUT2D eigenvalue weighted by Gasteiger charge is -2.33. The summed E-state index contributed by atoms with van der Waals surface area (Å²) in [6.45, 7) is 6.88. The maximum atomic E-state index is 12.8. The van der Waals surface area contributed by atoms with Gasteiger partial charge in [-0.1, -0.05) is 20.8 Å². The predicted octanol–water partition coefficient (Wildman–Crippen LogP) is 3.98. The number of anilines is 1. The monoisotopic (exact) mass is 400 g/mol. The second kappa shape index (κ2) is 6.81. The summed E-state index contributed by atoms with van der Waals surface area (Å²) in [6, 6.07) is 5.03. The van der Waals surface area contributed by atoms with Crippen molar-refractivity contribution in [3.63, 3.8) is 0 Å². The third kappa shape index (κ3) is 3.35. The third-order valence-electron chi connectivity index (χ3n) is 5.60. The molecule has 0 saturated heterocycles. The van der Waals surface area contributed by atoms with E-state index < -0.39 is 5.91 Å². The van der Waals surface area contributed by atoms with Crippen LogP contribution in [0.5, 0.6) is 11.5 Å². The quantitative estimate of drug-likeness (QED) is 0.815. The van der Waals surface area contributed by atoms with E-state index in [0.29, 0.717) is 33.5 Å². The van der Waals surface area contributed by atoms with Crippen LogP contribution in [0, 0.1) is 11.3 Å². The number of nitrogens with two attached hydrogens (primary N) is 1. The van der Waals surface area contributed by atoms with Crippen molar-refractivity contribution >= 4 is 28.2 Å². The molecule has 2 aliphatic rings. The number of rotatable bonds is 3. The van der Waals surface area contributed by atoms with E-state index in [-0.39, 0.29) is 18.1 Å². The Hall–Kier alpha value is -2.54. The molecule has 7 heteroatoms. The minimum absolute atomic E-state index is 0.152. The summed E-state index contributed by atoms with van der Waals surface area (Å²) in [6.07, 6.45) is 2.73. The number of primary amides is 1. The molecule has 1 aliphatic carbocycles. The van der Waals surface area contributed by atoms with Crippen molar-refractivity contribution in [1.29, 1.82) is 0 Å². The van der Waals surface area contributed by atoms with Crippen LogP contribution >= 0.6 is 11.3 Å². The molecule has 1 aromatic heterocycles. The largest absolute Gasteiger partial charge is 0.454 e. The predicted molar refractivity (Wildman–Crippen MR) is 108 cm³/mol. The molecule has 0 saturated carbocycles. The molecule has 2 aromatic rings. The van der Waals surface area contributed by atoms with Crippen LogP contribution in [-0.2, 0) is 12.8 Å². The Kier molecular flexibility index (Phi) is 4.57. The molecule has 2 amide bonds. The van der Waals surface area contributed by atoms with E-state index >= 15 is 0 Å². The number of ether oxygens (including phenoxy) is 2. The van der Waals surface area contributed by atoms with Crippen molar-refractivity contribution < 1.29 is 19.1 Å². The Bertz CT molecular complexity index is 958. The first-order valence-corrected chi connectivity index (χ1v) is 10.2. The number of thiophene rings is 1. The van der Waals surface area contributed by atoms with Gasteiger partial charge in [-0.05, 0) is 54.4 Å². The van der Waals surface area contributed by atoms with Gasteiger partial charge in [-0.2, -0.15) is 0 Å². The zero-order chi connectivity index (χ0) is 20.1. The number of benzene rings is 1. The highest BCUT2D eigenvalue weighted by molar-refractivity contribution is 7.17. The van der Waals surface area contributed by atoms with Crippen LogP contribution in [0.3, 0.4) is 0 Å². The van der Waals surface area contributed by atoms with E-state index in [1.807, 2.05) is 0 Å². The van der Waals surface area contributed by atoms with Crippen LogP contribution in [-0.4, -0.2) is 18.6 Å². The van der Waals surface area contributed by atoms with Crippen LogP contribution in [0.15, 0.2) is 18.2 Å². The molecule has 0 fully saturated rings. The highest BCUT2D eigenvalue weighted by Crippen LogP contribution is 2.44. The van der Waals surface area contributed by atoms with Gasteiger partial charge in [0.05, 0.1) is 5.56 Å². The highest BCUT2D eigenvalue weighted by Gasteiger charge is 2.33. The molecule has 148 valence electrons. The number of hydrogen-bond acceptors (Lipinski definition) is 5. The number of amides is 2. The molecule has 0 spiro atoms. The summed E-state index contributed by atoms with van der Waals surface area (Å²) in [5, 5.41) is 3.43. The summed E-state index contributed by atoms with van der Waals surface area (Å²) >= 11 is 1.47. The zero-order valence-electron chi connectivity index (χ0n) is 16.3. The maximum Gasteiger partial charge on any atom is 0.256 e. The molecule has 1 aromatic carbocycles. The molecule has 0 unspecified atom stereocenters. The lowest BCUT2D eigenvalue weighted by atomic mass is 9.72. The summed E-state index contributed by atoms with van der Waals surface area (Å²) in [5.74, 6) is 0.909. The average molecular weight is 401 g/mol. The van der Waals surface area contributed by atoms with Gasteiger partial charge in [-0.3, -0.25) is 9.59 Å². The molecule has 0 radical (unpaired) electrons. The van der Waals surface area contributed by atoms with Gasteiger partial charge in [0, 0.05) is 10.4 Å². The van der Waals surface area contributed by atoms with Crippen molar-refractivity contribution in [1.82, 2.24) is 0 Å². The minimum atomic E-state index is -0.493. The Morgan fingerprint density at radius 2 is 1.96 bits per heavy atom. The molecule has 4 rings (SSSR count). The summed E-state index contributed by atoms with van der Waals surface area (Å²) < 4.78 is 10.6. The lowest BCUT2D eigenvalue weighted by molar-refractivity contribution is 0.1000.